The van der Waals surface area contributed by atoms with Gasteiger partial charge in [0.05, 0.1) is 21.8 Å². The lowest BCUT2D eigenvalue weighted by molar-refractivity contribution is -0.190. The largest absolute Gasteiger partial charge is 0.491 e. The molecule has 1 unspecified atom stereocenters. The van der Waals surface area contributed by atoms with Crippen LogP contribution in [-0.2, 0) is 4.79 Å². The van der Waals surface area contributed by atoms with Crippen molar-refractivity contribution in [3.05, 3.63) is 45.6 Å². The molecule has 0 saturated carbocycles. The number of ether oxygens (including phenoxy) is 1. The number of halogens is 5. The van der Waals surface area contributed by atoms with Crippen LogP contribution < -0.4 is 4.74 Å². The maximum absolute atomic E-state index is 12.4. The molecule has 1 aromatic carbocycles. The fraction of sp³-hybridized carbons (Fsp3) is 0.286. The second-order valence-corrected chi connectivity index (χ2v) is 5.62. The minimum atomic E-state index is -5.09. The van der Waals surface area contributed by atoms with Gasteiger partial charge in [-0.1, -0.05) is 29.3 Å². The molecular formula is C14H11Cl2F3N2O2. The number of nitrogens with zero attached hydrogens (tertiary/aromatic N) is 2. The van der Waals surface area contributed by atoms with Crippen LogP contribution in [0.5, 0.6) is 5.88 Å². The van der Waals surface area contributed by atoms with Gasteiger partial charge in [0.2, 0.25) is 5.88 Å². The Labute approximate surface area is 139 Å². The average Bonchev–Trinajstić information content (AvgIpc) is 2.80. The quantitative estimate of drug-likeness (QED) is 0.747. The number of hydrogen-bond acceptors (Lipinski definition) is 3. The number of aromatic nitrogens is 2. The van der Waals surface area contributed by atoms with Crippen LogP contribution in [0.3, 0.4) is 0 Å². The number of carbonyl (C=O) groups is 1. The lowest BCUT2D eigenvalue weighted by Crippen LogP contribution is -2.29. The van der Waals surface area contributed by atoms with Gasteiger partial charge in [-0.2, -0.15) is 18.3 Å². The highest BCUT2D eigenvalue weighted by molar-refractivity contribution is 6.42. The van der Waals surface area contributed by atoms with Gasteiger partial charge in [-0.3, -0.25) is 0 Å². The van der Waals surface area contributed by atoms with Gasteiger partial charge in [-0.15, -0.1) is 0 Å². The molecular weight excluding hydrogens is 356 g/mol. The van der Waals surface area contributed by atoms with E-state index in [2.05, 4.69) is 9.84 Å². The van der Waals surface area contributed by atoms with Gasteiger partial charge in [0, 0.05) is 6.07 Å². The van der Waals surface area contributed by atoms with Crippen LogP contribution in [0, 0.1) is 6.92 Å². The van der Waals surface area contributed by atoms with E-state index >= 15 is 0 Å². The average molecular weight is 367 g/mol. The molecule has 0 aliphatic rings. The molecule has 1 atom stereocenters. The first-order valence-electron chi connectivity index (χ1n) is 6.39. The first-order chi connectivity index (χ1) is 10.6. The summed E-state index contributed by atoms with van der Waals surface area (Å²) in [6.45, 7) is 3.25. The van der Waals surface area contributed by atoms with Crippen LogP contribution >= 0.6 is 23.2 Å². The number of benzene rings is 1. The number of alkyl halides is 3. The lowest BCUT2D eigenvalue weighted by atomic mass is 10.1. The Hall–Kier alpha value is -1.73. The van der Waals surface area contributed by atoms with Gasteiger partial charge in [0.25, 0.3) is 0 Å². The standard InChI is InChI=1S/C14H11Cl2F3N2O2/c1-7-5-12(23-13(22)14(17,18)19)21(20-7)8(2)9-3-4-10(15)11(16)6-9/h3-6,8H,1-2H3. The molecule has 2 aromatic rings. The Morgan fingerprint density at radius 3 is 2.48 bits per heavy atom. The van der Waals surface area contributed by atoms with Gasteiger partial charge in [-0.05, 0) is 31.5 Å². The first-order valence-corrected chi connectivity index (χ1v) is 7.15. The zero-order chi connectivity index (χ0) is 17.4. The molecule has 0 amide bonds. The molecule has 124 valence electrons. The van der Waals surface area contributed by atoms with Crippen LogP contribution in [0.4, 0.5) is 13.2 Å². The maximum Gasteiger partial charge on any atom is 0.491 e. The number of esters is 1. The second-order valence-electron chi connectivity index (χ2n) is 4.81. The van der Waals surface area contributed by atoms with Gasteiger partial charge < -0.3 is 4.74 Å². The molecule has 0 aliphatic carbocycles. The molecule has 0 fully saturated rings. The van der Waals surface area contributed by atoms with Crippen molar-refractivity contribution in [2.75, 3.05) is 0 Å². The highest BCUT2D eigenvalue weighted by atomic mass is 35.5. The molecule has 4 nitrogen and oxygen atoms in total. The van der Waals surface area contributed by atoms with Crippen LogP contribution in [0.2, 0.25) is 10.0 Å². The van der Waals surface area contributed by atoms with Crippen molar-refractivity contribution in [2.24, 2.45) is 0 Å². The predicted molar refractivity (Wildman–Crippen MR) is 78.9 cm³/mol. The third kappa shape index (κ3) is 3.97. The van der Waals surface area contributed by atoms with Crippen molar-refractivity contribution in [3.63, 3.8) is 0 Å². The summed E-state index contributed by atoms with van der Waals surface area (Å²) in [4.78, 5) is 11.0. The van der Waals surface area contributed by atoms with E-state index in [9.17, 15) is 18.0 Å². The third-order valence-electron chi connectivity index (χ3n) is 3.05. The van der Waals surface area contributed by atoms with E-state index in [0.29, 0.717) is 21.3 Å². The molecule has 2 rings (SSSR count). The normalized spacial score (nSPS) is 13.0. The molecule has 0 aliphatic heterocycles. The molecule has 0 saturated heterocycles. The molecule has 1 aromatic heterocycles. The van der Waals surface area contributed by atoms with E-state index in [4.69, 9.17) is 23.2 Å². The minimum absolute atomic E-state index is 0.300. The number of rotatable bonds is 3. The highest BCUT2D eigenvalue weighted by Gasteiger charge is 2.42. The summed E-state index contributed by atoms with van der Waals surface area (Å²) < 4.78 is 42.7. The van der Waals surface area contributed by atoms with Crippen LogP contribution in [0.1, 0.15) is 24.2 Å². The molecule has 0 bridgehead atoms. The summed E-state index contributed by atoms with van der Waals surface area (Å²) in [6, 6.07) is 5.52. The Balaban J connectivity index is 2.35. The summed E-state index contributed by atoms with van der Waals surface area (Å²) in [5, 5.41) is 4.72. The SMILES string of the molecule is Cc1cc(OC(=O)C(F)(F)F)n(C(C)c2ccc(Cl)c(Cl)c2)n1. The summed E-state index contributed by atoms with van der Waals surface area (Å²) in [5.74, 6) is -2.61. The molecule has 0 N–H and O–H groups in total. The number of carbonyl (C=O) groups excluding carboxylic acids is 1. The molecule has 0 spiro atoms. The minimum Gasteiger partial charge on any atom is -0.401 e. The molecule has 1 heterocycles. The van der Waals surface area contributed by atoms with E-state index in [-0.39, 0.29) is 5.88 Å². The van der Waals surface area contributed by atoms with Crippen LogP contribution in [-0.4, -0.2) is 21.9 Å². The summed E-state index contributed by atoms with van der Waals surface area (Å²) in [6.07, 6.45) is -5.09. The Kier molecular flexibility index (Phi) is 4.91. The van der Waals surface area contributed by atoms with E-state index in [0.717, 1.165) is 0 Å². The number of hydrogen-bond donors (Lipinski definition) is 0. The van der Waals surface area contributed by atoms with Gasteiger partial charge in [0.1, 0.15) is 0 Å². The highest BCUT2D eigenvalue weighted by Crippen LogP contribution is 2.30. The van der Waals surface area contributed by atoms with Crippen LogP contribution in [0.25, 0.3) is 0 Å². The van der Waals surface area contributed by atoms with Gasteiger partial charge >= 0.3 is 12.1 Å². The summed E-state index contributed by atoms with van der Waals surface area (Å²) in [7, 11) is 0. The molecule has 23 heavy (non-hydrogen) atoms. The Bertz CT molecular complexity index is 744. The van der Waals surface area contributed by atoms with Crippen molar-refractivity contribution in [1.82, 2.24) is 9.78 Å². The lowest BCUT2D eigenvalue weighted by Gasteiger charge is -2.16. The van der Waals surface area contributed by atoms with E-state index in [1.807, 2.05) is 0 Å². The fourth-order valence-corrected chi connectivity index (χ4v) is 2.22. The zero-order valence-electron chi connectivity index (χ0n) is 12.0. The van der Waals surface area contributed by atoms with Crippen molar-refractivity contribution in [3.8, 4) is 5.88 Å². The molecule has 0 radical (unpaired) electrons. The topological polar surface area (TPSA) is 44.1 Å². The Morgan fingerprint density at radius 1 is 1.26 bits per heavy atom. The van der Waals surface area contributed by atoms with Gasteiger partial charge in [-0.25, -0.2) is 9.48 Å². The number of aryl methyl sites for hydroxylation is 1. The maximum atomic E-state index is 12.4. The summed E-state index contributed by atoms with van der Waals surface area (Å²) in [5.41, 5.74) is 1.05. The van der Waals surface area contributed by atoms with E-state index in [1.165, 1.54) is 10.7 Å². The van der Waals surface area contributed by atoms with Crippen molar-refractivity contribution >= 4 is 29.2 Å². The summed E-state index contributed by atoms with van der Waals surface area (Å²) >= 11 is 11.8. The Morgan fingerprint density at radius 2 is 1.91 bits per heavy atom. The molecule has 9 heteroatoms. The predicted octanol–water partition coefficient (Wildman–Crippen LogP) is 4.58. The fourth-order valence-electron chi connectivity index (χ4n) is 1.91. The van der Waals surface area contributed by atoms with Crippen LogP contribution in [0.15, 0.2) is 24.3 Å². The van der Waals surface area contributed by atoms with E-state index in [1.54, 1.807) is 32.0 Å². The van der Waals surface area contributed by atoms with Crippen molar-refractivity contribution < 1.29 is 22.7 Å². The van der Waals surface area contributed by atoms with Crippen molar-refractivity contribution in [2.45, 2.75) is 26.1 Å². The third-order valence-corrected chi connectivity index (χ3v) is 3.78. The zero-order valence-corrected chi connectivity index (χ0v) is 13.5. The monoisotopic (exact) mass is 366 g/mol. The smallest absolute Gasteiger partial charge is 0.401 e. The second kappa shape index (κ2) is 6.41. The van der Waals surface area contributed by atoms with Crippen molar-refractivity contribution in [1.29, 1.82) is 0 Å². The van der Waals surface area contributed by atoms with Gasteiger partial charge in [0.15, 0.2) is 0 Å². The van der Waals surface area contributed by atoms with E-state index < -0.39 is 18.2 Å². The first kappa shape index (κ1) is 17.6.